The normalized spacial score (nSPS) is 25.9. The second-order valence-corrected chi connectivity index (χ2v) is 8.22. The molecule has 1 amide bonds. The first-order valence-electron chi connectivity index (χ1n) is 7.79. The van der Waals surface area contributed by atoms with Gasteiger partial charge in [-0.3, -0.25) is 4.79 Å². The predicted molar refractivity (Wildman–Crippen MR) is 85.6 cm³/mol. The van der Waals surface area contributed by atoms with E-state index in [0.29, 0.717) is 33.0 Å². The summed E-state index contributed by atoms with van der Waals surface area (Å²) in [7, 11) is 0. The van der Waals surface area contributed by atoms with Gasteiger partial charge in [0.15, 0.2) is 0 Å². The van der Waals surface area contributed by atoms with E-state index in [-0.39, 0.29) is 16.9 Å². The van der Waals surface area contributed by atoms with Gasteiger partial charge in [0.1, 0.15) is 4.88 Å². The van der Waals surface area contributed by atoms with Crippen molar-refractivity contribution in [3.8, 4) is 0 Å². The quantitative estimate of drug-likeness (QED) is 0.796. The van der Waals surface area contributed by atoms with Crippen LogP contribution in [0.2, 0.25) is 0 Å². The van der Waals surface area contributed by atoms with Gasteiger partial charge in [0.2, 0.25) is 0 Å². The summed E-state index contributed by atoms with van der Waals surface area (Å²) in [5.74, 6) is 0.0827. The Balaban J connectivity index is 1.91. The molecule has 0 radical (unpaired) electrons. The average molecular weight is 324 g/mol. The Morgan fingerprint density at radius 3 is 2.55 bits per heavy atom. The Kier molecular flexibility index (Phi) is 4.03. The Bertz CT molecular complexity index is 570. The second-order valence-electron chi connectivity index (χ2n) is 7.22. The second kappa shape index (κ2) is 5.58. The molecule has 2 saturated heterocycles. The Labute approximate surface area is 135 Å². The summed E-state index contributed by atoms with van der Waals surface area (Å²) in [6.45, 7) is 11.4. The molecule has 2 aliphatic rings. The van der Waals surface area contributed by atoms with Crippen molar-refractivity contribution in [1.29, 1.82) is 0 Å². The van der Waals surface area contributed by atoms with Gasteiger partial charge in [-0.15, -0.1) is 11.3 Å². The average Bonchev–Trinajstić information content (AvgIpc) is 3.06. The molecule has 6 heteroatoms. The number of thiazole rings is 1. The molecule has 2 fully saturated rings. The minimum atomic E-state index is -0.284. The van der Waals surface area contributed by atoms with Gasteiger partial charge in [-0.25, -0.2) is 4.98 Å². The summed E-state index contributed by atoms with van der Waals surface area (Å²) in [5, 5.41) is 1.01. The molecule has 2 aliphatic heterocycles. The number of rotatable bonds is 1. The van der Waals surface area contributed by atoms with E-state index in [0.717, 1.165) is 22.0 Å². The number of hydrogen-bond acceptors (Lipinski definition) is 5. The first kappa shape index (κ1) is 15.9. The summed E-state index contributed by atoms with van der Waals surface area (Å²) in [4.78, 5) is 20.5. The number of aryl methyl sites for hydroxylation is 1. The standard InChI is InChI=1S/C16H24N2O3S/c1-11-12(22-14(17-11)15(2,3)4)13(19)18-6-8-21-10-16(18)5-7-20-9-16/h5-10H2,1-4H3. The van der Waals surface area contributed by atoms with Crippen LogP contribution in [0.1, 0.15) is 47.6 Å². The van der Waals surface area contributed by atoms with Crippen molar-refractivity contribution in [1.82, 2.24) is 9.88 Å². The van der Waals surface area contributed by atoms with Crippen LogP contribution in [-0.4, -0.2) is 54.3 Å². The van der Waals surface area contributed by atoms with Crippen molar-refractivity contribution >= 4 is 17.2 Å². The van der Waals surface area contributed by atoms with Crippen LogP contribution in [0.15, 0.2) is 0 Å². The topological polar surface area (TPSA) is 51.7 Å². The van der Waals surface area contributed by atoms with Crippen molar-refractivity contribution in [2.24, 2.45) is 0 Å². The van der Waals surface area contributed by atoms with E-state index in [1.807, 2.05) is 11.8 Å². The fourth-order valence-corrected chi connectivity index (χ4v) is 4.08. The molecular weight excluding hydrogens is 300 g/mol. The lowest BCUT2D eigenvalue weighted by atomic mass is 9.95. The van der Waals surface area contributed by atoms with Crippen LogP contribution in [0.4, 0.5) is 0 Å². The van der Waals surface area contributed by atoms with Gasteiger partial charge in [-0.05, 0) is 13.3 Å². The van der Waals surface area contributed by atoms with Gasteiger partial charge in [0, 0.05) is 18.6 Å². The third-order valence-electron chi connectivity index (χ3n) is 4.36. The number of amides is 1. The molecule has 5 nitrogen and oxygen atoms in total. The van der Waals surface area contributed by atoms with Crippen LogP contribution >= 0.6 is 11.3 Å². The summed E-state index contributed by atoms with van der Waals surface area (Å²) in [6.07, 6.45) is 0.850. The lowest BCUT2D eigenvalue weighted by Crippen LogP contribution is -2.59. The summed E-state index contributed by atoms with van der Waals surface area (Å²) in [6, 6.07) is 0. The molecule has 0 N–H and O–H groups in total. The summed E-state index contributed by atoms with van der Waals surface area (Å²) >= 11 is 1.53. The lowest BCUT2D eigenvalue weighted by molar-refractivity contribution is -0.0549. The monoisotopic (exact) mass is 324 g/mol. The van der Waals surface area contributed by atoms with E-state index in [4.69, 9.17) is 9.47 Å². The number of carbonyl (C=O) groups is 1. The molecule has 22 heavy (non-hydrogen) atoms. The maximum atomic E-state index is 13.1. The van der Waals surface area contributed by atoms with Crippen LogP contribution in [0, 0.1) is 6.92 Å². The lowest BCUT2D eigenvalue weighted by Gasteiger charge is -2.43. The van der Waals surface area contributed by atoms with Gasteiger partial charge < -0.3 is 14.4 Å². The highest BCUT2D eigenvalue weighted by Crippen LogP contribution is 2.34. The zero-order chi connectivity index (χ0) is 16.0. The molecule has 1 unspecified atom stereocenters. The molecule has 1 aromatic rings. The zero-order valence-electron chi connectivity index (χ0n) is 13.8. The SMILES string of the molecule is Cc1nc(C(C)(C)C)sc1C(=O)N1CCOCC12CCOC2. The maximum absolute atomic E-state index is 13.1. The molecule has 0 saturated carbocycles. The summed E-state index contributed by atoms with van der Waals surface area (Å²) < 4.78 is 11.2. The zero-order valence-corrected chi connectivity index (χ0v) is 14.6. The third-order valence-corrected chi connectivity index (χ3v) is 5.93. The fraction of sp³-hybridized carbons (Fsp3) is 0.750. The largest absolute Gasteiger partial charge is 0.379 e. The Morgan fingerprint density at radius 1 is 1.27 bits per heavy atom. The minimum absolute atomic E-state index is 0.0346. The van der Waals surface area contributed by atoms with Gasteiger partial charge in [0.25, 0.3) is 5.91 Å². The maximum Gasteiger partial charge on any atom is 0.266 e. The molecule has 1 spiro atoms. The summed E-state index contributed by atoms with van der Waals surface area (Å²) in [5.41, 5.74) is 0.515. The van der Waals surface area contributed by atoms with E-state index < -0.39 is 0 Å². The van der Waals surface area contributed by atoms with Crippen LogP contribution in [0.3, 0.4) is 0 Å². The molecule has 0 bridgehead atoms. The number of morpholine rings is 1. The fourth-order valence-electron chi connectivity index (χ4n) is 3.01. The minimum Gasteiger partial charge on any atom is -0.379 e. The van der Waals surface area contributed by atoms with E-state index in [2.05, 4.69) is 25.8 Å². The smallest absolute Gasteiger partial charge is 0.266 e. The van der Waals surface area contributed by atoms with Crippen LogP contribution in [0.5, 0.6) is 0 Å². The van der Waals surface area contributed by atoms with E-state index in [1.165, 1.54) is 11.3 Å². The van der Waals surface area contributed by atoms with Crippen LogP contribution < -0.4 is 0 Å². The highest BCUT2D eigenvalue weighted by molar-refractivity contribution is 7.14. The Hall–Kier alpha value is -0.980. The first-order chi connectivity index (χ1) is 10.3. The van der Waals surface area contributed by atoms with Gasteiger partial charge >= 0.3 is 0 Å². The molecular formula is C16H24N2O3S. The predicted octanol–water partition coefficient (Wildman–Crippen LogP) is 2.38. The Morgan fingerprint density at radius 2 is 1.95 bits per heavy atom. The van der Waals surface area contributed by atoms with Crippen LogP contribution in [-0.2, 0) is 14.9 Å². The number of nitrogens with zero attached hydrogens (tertiary/aromatic N) is 2. The molecule has 3 heterocycles. The third kappa shape index (κ3) is 2.68. The molecule has 0 aromatic carbocycles. The number of carbonyl (C=O) groups excluding carboxylic acids is 1. The van der Waals surface area contributed by atoms with Crippen LogP contribution in [0.25, 0.3) is 0 Å². The van der Waals surface area contributed by atoms with Crippen molar-refractivity contribution in [3.05, 3.63) is 15.6 Å². The molecule has 122 valence electrons. The van der Waals surface area contributed by atoms with Crippen molar-refractivity contribution in [2.75, 3.05) is 33.0 Å². The highest BCUT2D eigenvalue weighted by atomic mass is 32.1. The van der Waals surface area contributed by atoms with Gasteiger partial charge in [0.05, 0.1) is 36.1 Å². The van der Waals surface area contributed by atoms with Gasteiger partial charge in [-0.1, -0.05) is 20.8 Å². The number of ether oxygens (including phenoxy) is 2. The molecule has 1 atom stereocenters. The van der Waals surface area contributed by atoms with Crippen molar-refractivity contribution in [3.63, 3.8) is 0 Å². The number of aromatic nitrogens is 1. The molecule has 0 aliphatic carbocycles. The first-order valence-corrected chi connectivity index (χ1v) is 8.60. The number of hydrogen-bond donors (Lipinski definition) is 0. The van der Waals surface area contributed by atoms with Crippen molar-refractivity contribution in [2.45, 2.75) is 45.1 Å². The van der Waals surface area contributed by atoms with Crippen molar-refractivity contribution < 1.29 is 14.3 Å². The molecule has 3 rings (SSSR count). The van der Waals surface area contributed by atoms with E-state index in [1.54, 1.807) is 0 Å². The van der Waals surface area contributed by atoms with Gasteiger partial charge in [-0.2, -0.15) is 0 Å². The van der Waals surface area contributed by atoms with E-state index >= 15 is 0 Å². The highest BCUT2D eigenvalue weighted by Gasteiger charge is 2.46. The molecule has 1 aromatic heterocycles. The van der Waals surface area contributed by atoms with E-state index in [9.17, 15) is 4.79 Å².